The quantitative estimate of drug-likeness (QED) is 0.209. The number of ether oxygens (including phenoxy) is 2. The van der Waals surface area contributed by atoms with Gasteiger partial charge in [-0.2, -0.15) is 0 Å². The number of aromatic amines is 1. The molecule has 9 nitrogen and oxygen atoms in total. The van der Waals surface area contributed by atoms with Gasteiger partial charge in [-0.05, 0) is 30.8 Å². The van der Waals surface area contributed by atoms with Gasteiger partial charge in [-0.3, -0.25) is 9.78 Å². The number of hydrogen-bond acceptors (Lipinski definition) is 8. The highest BCUT2D eigenvalue weighted by Crippen LogP contribution is 2.32. The van der Waals surface area contributed by atoms with Crippen molar-refractivity contribution in [3.05, 3.63) is 53.1 Å². The van der Waals surface area contributed by atoms with Crippen LogP contribution in [0.2, 0.25) is 0 Å². The molecule has 2 heterocycles. The highest BCUT2D eigenvalue weighted by molar-refractivity contribution is 7.71. The molecular formula is C22H22ClN5O4S. The summed E-state index contributed by atoms with van der Waals surface area (Å²) in [7, 11) is 3.12. The number of Topliss-reactive ketones (excluding diaryl/α,β-unsaturated/α-hetero) is 1. The predicted molar refractivity (Wildman–Crippen MR) is 120 cm³/mol. The van der Waals surface area contributed by atoms with E-state index in [4.69, 9.17) is 31.8 Å². The third kappa shape index (κ3) is 4.96. The van der Waals surface area contributed by atoms with E-state index in [2.05, 4.69) is 15.2 Å². The molecule has 0 unspecified atom stereocenters. The van der Waals surface area contributed by atoms with Crippen molar-refractivity contribution in [3.8, 4) is 23.0 Å². The van der Waals surface area contributed by atoms with Gasteiger partial charge in [0.2, 0.25) is 17.5 Å². The van der Waals surface area contributed by atoms with E-state index in [0.29, 0.717) is 40.9 Å². The van der Waals surface area contributed by atoms with Crippen LogP contribution in [-0.4, -0.2) is 35.2 Å². The van der Waals surface area contributed by atoms with Crippen LogP contribution in [0.5, 0.6) is 11.5 Å². The van der Waals surface area contributed by atoms with Gasteiger partial charge >= 0.3 is 0 Å². The summed E-state index contributed by atoms with van der Waals surface area (Å²) >= 11 is 5.47. The molecule has 33 heavy (non-hydrogen) atoms. The Morgan fingerprint density at radius 2 is 1.85 bits per heavy atom. The van der Waals surface area contributed by atoms with E-state index >= 15 is 0 Å². The van der Waals surface area contributed by atoms with Gasteiger partial charge in [0, 0.05) is 24.1 Å². The van der Waals surface area contributed by atoms with Crippen molar-refractivity contribution in [2.75, 3.05) is 20.0 Å². The van der Waals surface area contributed by atoms with E-state index in [1.54, 1.807) is 30.9 Å². The second-order valence-electron chi connectivity index (χ2n) is 7.02. The zero-order chi connectivity index (χ0) is 22.7. The number of ketones is 1. The van der Waals surface area contributed by atoms with Crippen LogP contribution < -0.4 is 32.2 Å². The maximum atomic E-state index is 12.5. The smallest absolute Gasteiger partial charge is 0.295 e. The number of carbonyl (C=O) groups excluding carboxylic acids is 1. The van der Waals surface area contributed by atoms with Crippen LogP contribution in [0.15, 0.2) is 46.9 Å². The minimum absolute atomic E-state index is 0. The van der Waals surface area contributed by atoms with Gasteiger partial charge in [-0.25, -0.2) is 4.57 Å². The fourth-order valence-electron chi connectivity index (χ4n) is 3.39. The minimum atomic E-state index is -0.235. The van der Waals surface area contributed by atoms with Gasteiger partial charge < -0.3 is 32.0 Å². The van der Waals surface area contributed by atoms with Crippen molar-refractivity contribution in [1.29, 1.82) is 0 Å². The Labute approximate surface area is 201 Å². The molecule has 2 aromatic carbocycles. The zero-order valence-electron chi connectivity index (χ0n) is 18.0. The molecule has 0 aliphatic carbocycles. The molecular weight excluding hydrogens is 466 g/mol. The Balaban J connectivity index is 0.00000306. The van der Waals surface area contributed by atoms with E-state index in [1.807, 2.05) is 30.3 Å². The van der Waals surface area contributed by atoms with Crippen LogP contribution in [0.4, 0.5) is 5.82 Å². The van der Waals surface area contributed by atoms with Gasteiger partial charge in [0.1, 0.15) is 5.52 Å². The van der Waals surface area contributed by atoms with Crippen molar-refractivity contribution >= 4 is 34.7 Å². The molecule has 2 aromatic heterocycles. The molecule has 0 aliphatic rings. The number of anilines is 1. The number of nitrogens with one attached hydrogen (secondary N) is 1. The van der Waals surface area contributed by atoms with Crippen molar-refractivity contribution in [2.24, 2.45) is 0 Å². The molecule has 0 fully saturated rings. The maximum absolute atomic E-state index is 12.5. The average Bonchev–Trinajstić information content (AvgIpc) is 3.31. The van der Waals surface area contributed by atoms with Crippen LogP contribution in [0.1, 0.15) is 23.5 Å². The van der Waals surface area contributed by atoms with Gasteiger partial charge in [0.05, 0.1) is 26.2 Å². The van der Waals surface area contributed by atoms with Crippen LogP contribution in [0.3, 0.4) is 0 Å². The van der Waals surface area contributed by atoms with E-state index in [9.17, 15) is 4.79 Å². The van der Waals surface area contributed by atoms with E-state index < -0.39 is 0 Å². The number of rotatable bonds is 8. The molecule has 0 radical (unpaired) electrons. The van der Waals surface area contributed by atoms with Crippen molar-refractivity contribution in [2.45, 2.75) is 19.4 Å². The van der Waals surface area contributed by atoms with Crippen molar-refractivity contribution < 1.29 is 35.7 Å². The first-order chi connectivity index (χ1) is 15.5. The Morgan fingerprint density at radius 1 is 1.15 bits per heavy atom. The lowest BCUT2D eigenvalue weighted by Crippen LogP contribution is -3.00. The number of halogens is 1. The monoisotopic (exact) mass is 487 g/mol. The second kappa shape index (κ2) is 10.4. The number of nitrogens with zero attached hydrogens (tertiary/aromatic N) is 3. The van der Waals surface area contributed by atoms with Crippen molar-refractivity contribution in [1.82, 2.24) is 15.2 Å². The molecule has 0 saturated heterocycles. The Morgan fingerprint density at radius 3 is 2.55 bits per heavy atom. The number of nitrogens with two attached hydrogens (primary N) is 1. The number of fused-ring (bicyclic) bond motifs is 1. The summed E-state index contributed by atoms with van der Waals surface area (Å²) in [6, 6.07) is 12.9. The molecule has 0 atom stereocenters. The molecule has 3 N–H and O–H groups in total. The summed E-state index contributed by atoms with van der Waals surface area (Å²) in [5.41, 5.74) is 7.88. The molecule has 4 rings (SSSR count). The maximum Gasteiger partial charge on any atom is 0.295 e. The number of nitrogen functional groups attached to an aromatic ring is 1. The number of benzene rings is 2. The first-order valence-electron chi connectivity index (χ1n) is 9.91. The number of H-pyrrole nitrogens is 1. The van der Waals surface area contributed by atoms with Crippen LogP contribution >= 0.6 is 12.2 Å². The Bertz CT molecular complexity index is 1340. The average molecular weight is 488 g/mol. The largest absolute Gasteiger partial charge is 1.00 e. The highest BCUT2D eigenvalue weighted by atomic mass is 35.5. The normalized spacial score (nSPS) is 10.6. The lowest BCUT2D eigenvalue weighted by molar-refractivity contribution is -0.691. The van der Waals surface area contributed by atoms with Gasteiger partial charge in [0.25, 0.3) is 10.7 Å². The van der Waals surface area contributed by atoms with Gasteiger partial charge in [0.15, 0.2) is 11.5 Å². The van der Waals surface area contributed by atoms with Crippen molar-refractivity contribution in [3.63, 3.8) is 0 Å². The molecule has 11 heteroatoms. The molecule has 172 valence electrons. The Hall–Kier alpha value is -3.50. The SMILES string of the molecule is COc1cc2[nH]c(=S)[n+](CCCC(=O)c3nnc(-c4ccccc4)o3)c(N)c2cc1OC.[Cl-]. The van der Waals surface area contributed by atoms with E-state index in [0.717, 1.165) is 16.5 Å². The third-order valence-corrected chi connectivity index (χ3v) is 5.37. The molecule has 0 spiro atoms. The lowest BCUT2D eigenvalue weighted by Gasteiger charge is -2.11. The first kappa shape index (κ1) is 24.1. The predicted octanol–water partition coefficient (Wildman–Crippen LogP) is 0.501. The molecule has 0 saturated carbocycles. The topological polar surface area (TPSA) is 120 Å². The van der Waals surface area contributed by atoms with Gasteiger partial charge in [-0.15, -0.1) is 10.2 Å². The summed E-state index contributed by atoms with van der Waals surface area (Å²) in [5.74, 6) is 1.67. The third-order valence-electron chi connectivity index (χ3n) is 5.05. The zero-order valence-corrected chi connectivity index (χ0v) is 19.6. The number of methoxy groups -OCH3 is 2. The summed E-state index contributed by atoms with van der Waals surface area (Å²) < 4.78 is 18.4. The van der Waals surface area contributed by atoms with Gasteiger partial charge in [-0.1, -0.05) is 18.2 Å². The molecule has 0 bridgehead atoms. The second-order valence-corrected chi connectivity index (χ2v) is 7.41. The summed E-state index contributed by atoms with van der Waals surface area (Å²) in [4.78, 5) is 15.7. The van der Waals surface area contributed by atoms with Crippen LogP contribution in [0, 0.1) is 4.77 Å². The Kier molecular flexibility index (Phi) is 7.62. The first-order valence-corrected chi connectivity index (χ1v) is 10.3. The summed E-state index contributed by atoms with van der Waals surface area (Å²) in [5, 5.41) is 8.58. The fourth-order valence-corrected chi connectivity index (χ4v) is 3.69. The van der Waals surface area contributed by atoms with E-state index in [1.165, 1.54) is 0 Å². The van der Waals surface area contributed by atoms with Crippen LogP contribution in [0.25, 0.3) is 22.4 Å². The molecule has 0 amide bonds. The number of hydrogen-bond donors (Lipinski definition) is 2. The molecule has 4 aromatic rings. The van der Waals surface area contributed by atoms with E-state index in [-0.39, 0.29) is 30.5 Å². The number of aromatic nitrogens is 4. The summed E-state index contributed by atoms with van der Waals surface area (Å²) in [6.45, 7) is 0.441. The highest BCUT2D eigenvalue weighted by Gasteiger charge is 2.19. The fraction of sp³-hybridized carbons (Fsp3) is 0.227. The van der Waals surface area contributed by atoms with Crippen LogP contribution in [-0.2, 0) is 6.54 Å². The molecule has 0 aliphatic heterocycles. The standard InChI is InChI=1S/C22H21N5O4S.ClH/c1-29-17-11-14-15(12-18(17)30-2)24-22(32)27(19(14)23)10-6-9-16(28)21-26-25-20(31-21)13-7-4-3-5-8-13;/h3-5,7-8,11-12H,6,9-10H2,1-2H3,(H2,23,24,32);1H. The minimum Gasteiger partial charge on any atom is -1.00 e. The summed E-state index contributed by atoms with van der Waals surface area (Å²) in [6.07, 6.45) is 0.703. The lowest BCUT2D eigenvalue weighted by atomic mass is 10.2. The number of carbonyl (C=O) groups is 1.